The molecule has 1 aromatic carbocycles. The van der Waals surface area contributed by atoms with Gasteiger partial charge in [-0.3, -0.25) is 4.98 Å². The highest BCUT2D eigenvalue weighted by Gasteiger charge is 2.07. The second-order valence-electron chi connectivity index (χ2n) is 4.57. The fraction of sp³-hybridized carbons (Fsp3) is 0.125. The molecule has 0 atom stereocenters. The van der Waals surface area contributed by atoms with Crippen LogP contribution in [-0.2, 0) is 6.54 Å². The van der Waals surface area contributed by atoms with E-state index in [1.54, 1.807) is 12.4 Å². The Balaban J connectivity index is 1.97. The first kappa shape index (κ1) is 13.8. The van der Waals surface area contributed by atoms with E-state index >= 15 is 0 Å². The predicted octanol–water partition coefficient (Wildman–Crippen LogP) is 3.79. The Morgan fingerprint density at radius 1 is 1.19 bits per heavy atom. The summed E-state index contributed by atoms with van der Waals surface area (Å²) in [5, 5.41) is 4.64. The molecule has 0 fully saturated rings. The zero-order chi connectivity index (χ0) is 14.7. The quantitative estimate of drug-likeness (QED) is 0.796. The predicted molar refractivity (Wildman–Crippen MR) is 83.8 cm³/mol. The van der Waals surface area contributed by atoms with Gasteiger partial charge in [0.25, 0.3) is 0 Å². The van der Waals surface area contributed by atoms with E-state index in [0.29, 0.717) is 17.4 Å². The summed E-state index contributed by atoms with van der Waals surface area (Å²) in [5.74, 6) is 1.24. The van der Waals surface area contributed by atoms with E-state index in [0.717, 1.165) is 22.2 Å². The van der Waals surface area contributed by atoms with Gasteiger partial charge < -0.3 is 10.1 Å². The third-order valence-corrected chi connectivity index (χ3v) is 3.44. The van der Waals surface area contributed by atoms with Crippen molar-refractivity contribution in [3.05, 3.63) is 59.4 Å². The minimum absolute atomic E-state index is 0.515. The fourth-order valence-corrected chi connectivity index (χ4v) is 2.29. The Morgan fingerprint density at radius 2 is 2.10 bits per heavy atom. The second-order valence-corrected chi connectivity index (χ2v) is 4.98. The van der Waals surface area contributed by atoms with Crippen LogP contribution < -0.4 is 10.1 Å². The Kier molecular flexibility index (Phi) is 3.99. The Morgan fingerprint density at radius 3 is 2.95 bits per heavy atom. The third kappa shape index (κ3) is 2.96. The summed E-state index contributed by atoms with van der Waals surface area (Å²) in [7, 11) is 1.87. The van der Waals surface area contributed by atoms with Crippen molar-refractivity contribution in [2.45, 2.75) is 6.54 Å². The number of ether oxygens (including phenoxy) is 1. The van der Waals surface area contributed by atoms with Crippen molar-refractivity contribution >= 4 is 22.5 Å². The lowest BCUT2D eigenvalue weighted by Crippen LogP contribution is -2.06. The van der Waals surface area contributed by atoms with Gasteiger partial charge in [0.15, 0.2) is 0 Å². The molecule has 5 heteroatoms. The lowest BCUT2D eigenvalue weighted by Gasteiger charge is -2.10. The summed E-state index contributed by atoms with van der Waals surface area (Å²) < 4.78 is 5.90. The van der Waals surface area contributed by atoms with E-state index in [1.165, 1.54) is 0 Å². The number of nitrogens with zero attached hydrogens (tertiary/aromatic N) is 2. The van der Waals surface area contributed by atoms with Crippen LogP contribution in [0.15, 0.2) is 48.8 Å². The van der Waals surface area contributed by atoms with Gasteiger partial charge in [-0.2, -0.15) is 0 Å². The molecule has 0 unspecified atom stereocenters. The Bertz CT molecular complexity index is 771. The molecule has 4 nitrogen and oxygen atoms in total. The maximum absolute atomic E-state index is 6.10. The van der Waals surface area contributed by atoms with Crippen molar-refractivity contribution in [1.82, 2.24) is 15.3 Å². The van der Waals surface area contributed by atoms with Crippen molar-refractivity contribution in [3.8, 4) is 11.6 Å². The highest BCUT2D eigenvalue weighted by molar-refractivity contribution is 6.31. The van der Waals surface area contributed by atoms with Gasteiger partial charge in [-0.05, 0) is 36.9 Å². The Labute approximate surface area is 127 Å². The molecular weight excluding hydrogens is 286 g/mol. The SMILES string of the molecule is CNCc1cc(Oc2cccc3ncccc23)ncc1Cl. The number of halogens is 1. The molecule has 0 amide bonds. The Hall–Kier alpha value is -2.17. The van der Waals surface area contributed by atoms with Crippen LogP contribution in [0, 0.1) is 0 Å². The fourth-order valence-electron chi connectivity index (χ4n) is 2.12. The third-order valence-electron chi connectivity index (χ3n) is 3.10. The minimum Gasteiger partial charge on any atom is -0.438 e. The summed E-state index contributed by atoms with van der Waals surface area (Å²) in [4.78, 5) is 8.53. The van der Waals surface area contributed by atoms with Gasteiger partial charge in [0.1, 0.15) is 5.75 Å². The van der Waals surface area contributed by atoms with E-state index in [4.69, 9.17) is 16.3 Å². The van der Waals surface area contributed by atoms with Crippen molar-refractivity contribution in [2.75, 3.05) is 7.05 Å². The number of fused-ring (bicyclic) bond motifs is 1. The van der Waals surface area contributed by atoms with Gasteiger partial charge in [-0.15, -0.1) is 0 Å². The number of hydrogen-bond acceptors (Lipinski definition) is 4. The zero-order valence-electron chi connectivity index (χ0n) is 11.5. The number of pyridine rings is 2. The van der Waals surface area contributed by atoms with Crippen LogP contribution in [0.2, 0.25) is 5.02 Å². The summed E-state index contributed by atoms with van der Waals surface area (Å²) >= 11 is 6.10. The molecule has 3 rings (SSSR count). The summed E-state index contributed by atoms with van der Waals surface area (Å²) in [5.41, 5.74) is 1.84. The van der Waals surface area contributed by atoms with Gasteiger partial charge in [-0.25, -0.2) is 4.98 Å². The largest absolute Gasteiger partial charge is 0.438 e. The molecule has 0 aliphatic heterocycles. The molecule has 0 bridgehead atoms. The van der Waals surface area contributed by atoms with Gasteiger partial charge in [0.05, 0.1) is 10.5 Å². The zero-order valence-corrected chi connectivity index (χ0v) is 12.3. The van der Waals surface area contributed by atoms with E-state index in [9.17, 15) is 0 Å². The second kappa shape index (κ2) is 6.08. The van der Waals surface area contributed by atoms with Gasteiger partial charge in [0, 0.05) is 30.4 Å². The van der Waals surface area contributed by atoms with Crippen LogP contribution in [0.4, 0.5) is 0 Å². The standard InChI is InChI=1S/C16H14ClN3O/c1-18-9-11-8-16(20-10-13(11)17)21-15-6-2-5-14-12(15)4-3-7-19-14/h2-8,10,18H,9H2,1H3. The van der Waals surface area contributed by atoms with Crippen molar-refractivity contribution in [1.29, 1.82) is 0 Å². The van der Waals surface area contributed by atoms with Crippen LogP contribution in [0.3, 0.4) is 0 Å². The maximum Gasteiger partial charge on any atom is 0.219 e. The van der Waals surface area contributed by atoms with Gasteiger partial charge >= 0.3 is 0 Å². The molecule has 1 N–H and O–H groups in total. The smallest absolute Gasteiger partial charge is 0.219 e. The molecule has 3 aromatic rings. The van der Waals surface area contributed by atoms with E-state index in [2.05, 4.69) is 15.3 Å². The van der Waals surface area contributed by atoms with Crippen LogP contribution in [0.5, 0.6) is 11.6 Å². The molecule has 0 aliphatic carbocycles. The van der Waals surface area contributed by atoms with E-state index < -0.39 is 0 Å². The van der Waals surface area contributed by atoms with Crippen LogP contribution in [0.25, 0.3) is 10.9 Å². The van der Waals surface area contributed by atoms with E-state index in [-0.39, 0.29) is 0 Å². The lowest BCUT2D eigenvalue weighted by atomic mass is 10.2. The van der Waals surface area contributed by atoms with Crippen LogP contribution >= 0.6 is 11.6 Å². The number of rotatable bonds is 4. The molecule has 0 radical (unpaired) electrons. The highest BCUT2D eigenvalue weighted by Crippen LogP contribution is 2.29. The molecule has 0 saturated carbocycles. The molecule has 106 valence electrons. The highest BCUT2D eigenvalue weighted by atomic mass is 35.5. The molecule has 21 heavy (non-hydrogen) atoms. The number of aromatic nitrogens is 2. The number of benzene rings is 1. The first-order valence-electron chi connectivity index (χ1n) is 6.58. The van der Waals surface area contributed by atoms with Crippen molar-refractivity contribution in [2.24, 2.45) is 0 Å². The summed E-state index contributed by atoms with van der Waals surface area (Å²) in [6.45, 7) is 0.662. The molecule has 0 spiro atoms. The maximum atomic E-state index is 6.10. The first-order valence-corrected chi connectivity index (χ1v) is 6.96. The van der Waals surface area contributed by atoms with Crippen molar-refractivity contribution < 1.29 is 4.74 Å². The average molecular weight is 300 g/mol. The van der Waals surface area contributed by atoms with Gasteiger partial charge in [0.2, 0.25) is 5.88 Å². The van der Waals surface area contributed by atoms with E-state index in [1.807, 2.05) is 43.4 Å². The topological polar surface area (TPSA) is 47.0 Å². The number of nitrogens with one attached hydrogen (secondary N) is 1. The minimum atomic E-state index is 0.515. The monoisotopic (exact) mass is 299 g/mol. The molecule has 0 aliphatic rings. The molecule has 0 saturated heterocycles. The molecular formula is C16H14ClN3O. The van der Waals surface area contributed by atoms with Crippen molar-refractivity contribution in [3.63, 3.8) is 0 Å². The first-order chi connectivity index (χ1) is 10.3. The van der Waals surface area contributed by atoms with Crippen LogP contribution in [0.1, 0.15) is 5.56 Å². The summed E-state index contributed by atoms with van der Waals surface area (Å²) in [6.07, 6.45) is 3.37. The average Bonchev–Trinajstić information content (AvgIpc) is 2.51. The normalized spacial score (nSPS) is 10.8. The van der Waals surface area contributed by atoms with Crippen LogP contribution in [-0.4, -0.2) is 17.0 Å². The number of hydrogen-bond donors (Lipinski definition) is 1. The lowest BCUT2D eigenvalue weighted by molar-refractivity contribution is 0.467. The summed E-state index contributed by atoms with van der Waals surface area (Å²) in [6, 6.07) is 11.5. The van der Waals surface area contributed by atoms with Gasteiger partial charge in [-0.1, -0.05) is 17.7 Å². The molecule has 2 aromatic heterocycles. The molecule has 2 heterocycles.